The van der Waals surface area contributed by atoms with E-state index in [1.54, 1.807) is 6.08 Å². The molecule has 0 N–H and O–H groups in total. The lowest BCUT2D eigenvalue weighted by Crippen LogP contribution is -2.09. The molecule has 0 aromatic rings. The van der Waals surface area contributed by atoms with Gasteiger partial charge in [0, 0.05) is 0 Å². The molecule has 0 heterocycles. The van der Waals surface area contributed by atoms with Crippen LogP contribution in [0.2, 0.25) is 0 Å². The Kier molecular flexibility index (Phi) is 2.96. The summed E-state index contributed by atoms with van der Waals surface area (Å²) in [6, 6.07) is 0. The predicted octanol–water partition coefficient (Wildman–Crippen LogP) is 1.86. The van der Waals surface area contributed by atoms with Crippen LogP contribution < -0.4 is 0 Å². The molecule has 0 aromatic heterocycles. The number of hydrogen-bond donors (Lipinski definition) is 0. The molecule has 0 aliphatic carbocycles. The first-order chi connectivity index (χ1) is 3.06. The fraction of sp³-hybridized carbons (Fsp3) is 0.500. The van der Waals surface area contributed by atoms with Crippen molar-refractivity contribution >= 4 is 33.4 Å². The molecular formula is C4H5Cl2Si. The molecule has 7 heavy (non-hydrogen) atoms. The third-order valence-corrected chi connectivity index (χ3v) is 0.913. The fourth-order valence-electron chi connectivity index (χ4n) is 0.181. The zero-order valence-electron chi connectivity index (χ0n) is 3.75. The highest BCUT2D eigenvalue weighted by atomic mass is 35.5. The number of halogens is 2. The molecule has 0 rings (SSSR count). The molecule has 39 valence electrons. The smallest absolute Gasteiger partial charge is 0.103 e. The van der Waals surface area contributed by atoms with Gasteiger partial charge < -0.3 is 0 Å². The highest BCUT2D eigenvalue weighted by Gasteiger charge is 2.12. The molecule has 0 amide bonds. The maximum absolute atomic E-state index is 5.44. The van der Waals surface area contributed by atoms with E-state index in [0.29, 0.717) is 6.42 Å². The van der Waals surface area contributed by atoms with E-state index in [9.17, 15) is 0 Å². The Morgan fingerprint density at radius 1 is 1.71 bits per heavy atom. The summed E-state index contributed by atoms with van der Waals surface area (Å²) in [6.45, 7) is 3.45. The Morgan fingerprint density at radius 2 is 2.14 bits per heavy atom. The number of allylic oxidation sites excluding steroid dienone is 1. The van der Waals surface area contributed by atoms with Gasteiger partial charge in [-0.1, -0.05) is 6.08 Å². The Bertz CT molecular complexity index is 64.6. The van der Waals surface area contributed by atoms with Crippen molar-refractivity contribution in [1.82, 2.24) is 0 Å². The minimum Gasteiger partial charge on any atom is -0.106 e. The van der Waals surface area contributed by atoms with E-state index < -0.39 is 3.96 Å². The average Bonchev–Trinajstić information content (AvgIpc) is 1.30. The van der Waals surface area contributed by atoms with Crippen LogP contribution in [-0.2, 0) is 0 Å². The number of rotatable bonds is 2. The van der Waals surface area contributed by atoms with Gasteiger partial charge in [-0.15, -0.1) is 29.8 Å². The van der Waals surface area contributed by atoms with E-state index in [1.807, 2.05) is 0 Å². The van der Waals surface area contributed by atoms with Crippen LogP contribution in [0.4, 0.5) is 0 Å². The van der Waals surface area contributed by atoms with Crippen molar-refractivity contribution < 1.29 is 0 Å². The van der Waals surface area contributed by atoms with Gasteiger partial charge in [-0.05, 0) is 6.42 Å². The van der Waals surface area contributed by atoms with Gasteiger partial charge in [0.1, 0.15) is 3.96 Å². The lowest BCUT2D eigenvalue weighted by Gasteiger charge is -2.06. The molecule has 0 bridgehead atoms. The largest absolute Gasteiger partial charge is 0.106 e. The first kappa shape index (κ1) is 7.54. The first-order valence-corrected chi connectivity index (χ1v) is 3.05. The van der Waals surface area contributed by atoms with Gasteiger partial charge in [0.2, 0.25) is 0 Å². The van der Waals surface area contributed by atoms with Gasteiger partial charge in [-0.2, -0.15) is 0 Å². The standard InChI is InChI=1S/C4H5Cl2Si/c1-2-3-4(5,6)7/h2H,1,3H2. The average molecular weight is 152 g/mol. The summed E-state index contributed by atoms with van der Waals surface area (Å²) in [6.07, 6.45) is 2.19. The zero-order valence-corrected chi connectivity index (χ0v) is 6.26. The second-order valence-electron chi connectivity index (χ2n) is 1.20. The second kappa shape index (κ2) is 2.75. The highest BCUT2D eigenvalue weighted by Crippen LogP contribution is 2.19. The molecule has 0 unspecified atom stereocenters. The Labute approximate surface area is 56.9 Å². The molecule has 0 aromatic carbocycles. The highest BCUT2D eigenvalue weighted by molar-refractivity contribution is 6.65. The van der Waals surface area contributed by atoms with Gasteiger partial charge in [-0.25, -0.2) is 0 Å². The summed E-state index contributed by atoms with van der Waals surface area (Å²) in [4.78, 5) is 0. The van der Waals surface area contributed by atoms with Gasteiger partial charge in [0.25, 0.3) is 0 Å². The summed E-state index contributed by atoms with van der Waals surface area (Å²) in [7, 11) is 3.05. The van der Waals surface area contributed by atoms with Gasteiger partial charge in [-0.3, -0.25) is 0 Å². The molecule has 0 fully saturated rings. The maximum Gasteiger partial charge on any atom is 0.103 e. The molecule has 0 saturated carbocycles. The molecule has 0 saturated heterocycles. The summed E-state index contributed by atoms with van der Waals surface area (Å²) in [5.74, 6) is 0. The summed E-state index contributed by atoms with van der Waals surface area (Å²) < 4.78 is -0.818. The molecule has 0 spiro atoms. The Morgan fingerprint density at radius 3 is 2.14 bits per heavy atom. The van der Waals surface area contributed by atoms with Crippen molar-refractivity contribution in [3.05, 3.63) is 12.7 Å². The molecule has 0 aliphatic heterocycles. The minimum atomic E-state index is -0.818. The topological polar surface area (TPSA) is 0 Å². The van der Waals surface area contributed by atoms with Gasteiger partial charge in [0.05, 0.1) is 10.2 Å². The quantitative estimate of drug-likeness (QED) is 0.322. The van der Waals surface area contributed by atoms with Crippen molar-refractivity contribution in [3.63, 3.8) is 0 Å². The van der Waals surface area contributed by atoms with E-state index >= 15 is 0 Å². The van der Waals surface area contributed by atoms with Crippen LogP contribution in [0.25, 0.3) is 0 Å². The van der Waals surface area contributed by atoms with Crippen molar-refractivity contribution in [1.29, 1.82) is 0 Å². The number of hydrogen-bond acceptors (Lipinski definition) is 0. The second-order valence-corrected chi connectivity index (χ2v) is 4.17. The molecule has 0 atom stereocenters. The zero-order chi connectivity index (χ0) is 5.91. The first-order valence-electron chi connectivity index (χ1n) is 1.80. The fourth-order valence-corrected chi connectivity index (χ4v) is 0.544. The van der Waals surface area contributed by atoms with Crippen LogP contribution in [0.15, 0.2) is 12.7 Å². The third-order valence-electron chi connectivity index (χ3n) is 0.401. The molecule has 3 radical (unpaired) electrons. The van der Waals surface area contributed by atoms with E-state index in [0.717, 1.165) is 0 Å². The van der Waals surface area contributed by atoms with Gasteiger partial charge in [0.15, 0.2) is 0 Å². The van der Waals surface area contributed by atoms with E-state index in [4.69, 9.17) is 23.2 Å². The van der Waals surface area contributed by atoms with Crippen molar-refractivity contribution in [2.24, 2.45) is 0 Å². The third kappa shape index (κ3) is 6.54. The van der Waals surface area contributed by atoms with E-state index in [2.05, 4.69) is 16.8 Å². The van der Waals surface area contributed by atoms with Crippen LogP contribution in [0, 0.1) is 0 Å². The van der Waals surface area contributed by atoms with Crippen LogP contribution in [-0.4, -0.2) is 14.2 Å². The van der Waals surface area contributed by atoms with E-state index in [-0.39, 0.29) is 0 Å². The number of alkyl halides is 2. The minimum absolute atomic E-state index is 0.549. The summed E-state index contributed by atoms with van der Waals surface area (Å²) >= 11 is 10.9. The summed E-state index contributed by atoms with van der Waals surface area (Å²) in [5.41, 5.74) is 0. The molecule has 3 heteroatoms. The van der Waals surface area contributed by atoms with Crippen LogP contribution in [0.1, 0.15) is 6.42 Å². The molecule has 0 aliphatic rings. The SMILES string of the molecule is C=CCC([Si])(Cl)Cl. The normalized spacial score (nSPS) is 11.3. The Balaban J connectivity index is 3.34. The molecular weight excluding hydrogens is 147 g/mol. The summed E-state index contributed by atoms with van der Waals surface area (Å²) in [5, 5.41) is 0. The monoisotopic (exact) mass is 151 g/mol. The maximum atomic E-state index is 5.44. The van der Waals surface area contributed by atoms with E-state index in [1.165, 1.54) is 0 Å². The lowest BCUT2D eigenvalue weighted by atomic mass is 10.5. The van der Waals surface area contributed by atoms with Crippen LogP contribution in [0.3, 0.4) is 0 Å². The van der Waals surface area contributed by atoms with Crippen molar-refractivity contribution in [3.8, 4) is 0 Å². The Hall–Kier alpha value is 0.537. The van der Waals surface area contributed by atoms with Crippen molar-refractivity contribution in [2.45, 2.75) is 10.4 Å². The van der Waals surface area contributed by atoms with Crippen LogP contribution >= 0.6 is 23.2 Å². The predicted molar refractivity (Wildman–Crippen MR) is 35.0 cm³/mol. The lowest BCUT2D eigenvalue weighted by molar-refractivity contribution is 1.08. The molecule has 0 nitrogen and oxygen atoms in total. The van der Waals surface area contributed by atoms with Gasteiger partial charge >= 0.3 is 0 Å². The van der Waals surface area contributed by atoms with Crippen molar-refractivity contribution in [2.75, 3.05) is 0 Å². The van der Waals surface area contributed by atoms with Crippen LogP contribution in [0.5, 0.6) is 0 Å².